The smallest absolute Gasteiger partial charge is 0.349 e. The van der Waals surface area contributed by atoms with Gasteiger partial charge in [0.05, 0.1) is 0 Å². The number of ether oxygens (including phenoxy) is 1. The summed E-state index contributed by atoms with van der Waals surface area (Å²) in [5.74, 6) is -0.0996. The van der Waals surface area contributed by atoms with Crippen molar-refractivity contribution in [2.24, 2.45) is 0 Å². The quantitative estimate of drug-likeness (QED) is 0.730. The highest BCUT2D eigenvalue weighted by Crippen LogP contribution is 2.31. The van der Waals surface area contributed by atoms with Crippen LogP contribution in [0.1, 0.15) is 27.9 Å². The number of carbonyl (C=O) groups is 2. The lowest BCUT2D eigenvalue weighted by Crippen LogP contribution is -2.30. The van der Waals surface area contributed by atoms with Gasteiger partial charge in [-0.2, -0.15) is 0 Å². The Hall–Kier alpha value is -2.67. The molecule has 2 aromatic heterocycles. The van der Waals surface area contributed by atoms with Gasteiger partial charge >= 0.3 is 5.97 Å². The number of aromatic nitrogens is 1. The fraction of sp³-hybridized carbons (Fsp3) is 0.235. The van der Waals surface area contributed by atoms with Crippen LogP contribution in [0.5, 0.6) is 0 Å². The van der Waals surface area contributed by atoms with Crippen LogP contribution in [-0.2, 0) is 9.53 Å². The van der Waals surface area contributed by atoms with Crippen molar-refractivity contribution < 1.29 is 18.8 Å². The fourth-order valence-corrected chi connectivity index (χ4v) is 3.38. The van der Waals surface area contributed by atoms with E-state index in [9.17, 15) is 9.59 Å². The van der Waals surface area contributed by atoms with Gasteiger partial charge in [-0.25, -0.2) is 4.79 Å². The number of benzene rings is 1. The molecule has 0 unspecified atom stereocenters. The molecule has 0 fully saturated rings. The highest BCUT2D eigenvalue weighted by molar-refractivity contribution is 7.21. The van der Waals surface area contributed by atoms with E-state index < -0.39 is 18.0 Å². The molecular formula is C17H16N2O4S. The van der Waals surface area contributed by atoms with E-state index >= 15 is 0 Å². The van der Waals surface area contributed by atoms with Gasteiger partial charge in [0.1, 0.15) is 10.6 Å². The molecular weight excluding hydrogens is 328 g/mol. The topological polar surface area (TPSA) is 81.4 Å². The first-order chi connectivity index (χ1) is 11.5. The Morgan fingerprint density at radius 1 is 1.29 bits per heavy atom. The van der Waals surface area contributed by atoms with Crippen molar-refractivity contribution in [3.05, 3.63) is 46.5 Å². The molecule has 0 spiro atoms. The van der Waals surface area contributed by atoms with Gasteiger partial charge in [-0.15, -0.1) is 11.3 Å². The molecule has 0 radical (unpaired) electrons. The summed E-state index contributed by atoms with van der Waals surface area (Å²) in [6.07, 6.45) is -0.945. The highest BCUT2D eigenvalue weighted by Gasteiger charge is 2.23. The first-order valence-electron chi connectivity index (χ1n) is 7.39. The van der Waals surface area contributed by atoms with Crippen molar-refractivity contribution >= 4 is 39.1 Å². The maximum Gasteiger partial charge on any atom is 0.349 e. The van der Waals surface area contributed by atoms with Gasteiger partial charge in [0.2, 0.25) is 0 Å². The zero-order valence-electron chi connectivity index (χ0n) is 13.5. The van der Waals surface area contributed by atoms with Crippen LogP contribution in [0, 0.1) is 13.8 Å². The lowest BCUT2D eigenvalue weighted by Gasteiger charge is -2.11. The van der Waals surface area contributed by atoms with Crippen LogP contribution in [0.15, 0.2) is 34.9 Å². The molecule has 24 heavy (non-hydrogen) atoms. The predicted molar refractivity (Wildman–Crippen MR) is 91.3 cm³/mol. The number of hydrogen-bond donors (Lipinski definition) is 1. The molecule has 0 saturated carbocycles. The summed E-state index contributed by atoms with van der Waals surface area (Å²) in [6, 6.07) is 9.34. The van der Waals surface area contributed by atoms with E-state index in [0.29, 0.717) is 16.5 Å². The summed E-state index contributed by atoms with van der Waals surface area (Å²) >= 11 is 1.36. The van der Waals surface area contributed by atoms with Gasteiger partial charge < -0.3 is 14.6 Å². The minimum atomic E-state index is -0.945. The van der Waals surface area contributed by atoms with Crippen LogP contribution in [0.3, 0.4) is 0 Å². The molecule has 124 valence electrons. The summed E-state index contributed by atoms with van der Waals surface area (Å²) in [7, 11) is 0. The first kappa shape index (κ1) is 16.2. The molecule has 1 amide bonds. The van der Waals surface area contributed by atoms with Gasteiger partial charge in [-0.1, -0.05) is 23.4 Å². The Kier molecular flexibility index (Phi) is 4.35. The number of thiophene rings is 1. The van der Waals surface area contributed by atoms with Gasteiger partial charge in [0, 0.05) is 10.8 Å². The van der Waals surface area contributed by atoms with Crippen LogP contribution in [0.4, 0.5) is 5.82 Å². The maximum atomic E-state index is 12.4. The standard InChI is InChI=1S/C17H16N2O4S/c1-9-8-14(19-23-9)18-16(20)11(3)22-17(21)15-10(2)12-6-4-5-7-13(12)24-15/h4-8,11H,1-3H3,(H,18,19,20)/t11-/m1/s1. The summed E-state index contributed by atoms with van der Waals surface area (Å²) in [4.78, 5) is 25.0. The SMILES string of the molecule is Cc1cc(NC(=O)[C@@H](C)OC(=O)c2sc3ccccc3c2C)no1. The third-order valence-electron chi connectivity index (χ3n) is 3.56. The molecule has 7 heteroatoms. The zero-order valence-corrected chi connectivity index (χ0v) is 14.3. The van der Waals surface area contributed by atoms with E-state index in [0.717, 1.165) is 15.6 Å². The lowest BCUT2D eigenvalue weighted by molar-refractivity contribution is -0.123. The molecule has 1 aromatic carbocycles. The first-order valence-corrected chi connectivity index (χ1v) is 8.20. The van der Waals surface area contributed by atoms with Crippen molar-refractivity contribution in [1.29, 1.82) is 0 Å². The highest BCUT2D eigenvalue weighted by atomic mass is 32.1. The Morgan fingerprint density at radius 3 is 2.71 bits per heavy atom. The van der Waals surface area contributed by atoms with Crippen LogP contribution in [0.25, 0.3) is 10.1 Å². The van der Waals surface area contributed by atoms with E-state index in [4.69, 9.17) is 9.26 Å². The van der Waals surface area contributed by atoms with E-state index in [1.807, 2.05) is 31.2 Å². The van der Waals surface area contributed by atoms with E-state index in [1.54, 1.807) is 13.0 Å². The number of esters is 1. The van der Waals surface area contributed by atoms with Crippen LogP contribution in [0.2, 0.25) is 0 Å². The normalized spacial score (nSPS) is 12.1. The van der Waals surface area contributed by atoms with Gasteiger partial charge in [-0.3, -0.25) is 4.79 Å². The fourth-order valence-electron chi connectivity index (χ4n) is 2.29. The number of anilines is 1. The molecule has 6 nitrogen and oxygen atoms in total. The average Bonchev–Trinajstić information content (AvgIpc) is 3.11. The molecule has 3 aromatic rings. The Balaban J connectivity index is 1.71. The molecule has 0 aliphatic rings. The Morgan fingerprint density at radius 2 is 2.04 bits per heavy atom. The predicted octanol–water partition coefficient (Wildman–Crippen LogP) is 3.69. The largest absolute Gasteiger partial charge is 0.448 e. The number of fused-ring (bicyclic) bond motifs is 1. The second-order valence-electron chi connectivity index (χ2n) is 5.41. The van der Waals surface area contributed by atoms with E-state index in [2.05, 4.69) is 10.5 Å². The summed E-state index contributed by atoms with van der Waals surface area (Å²) in [6.45, 7) is 5.11. The molecule has 0 aliphatic heterocycles. The number of amides is 1. The van der Waals surface area contributed by atoms with Crippen molar-refractivity contribution in [3.8, 4) is 0 Å². The molecule has 1 atom stereocenters. The second-order valence-corrected chi connectivity index (χ2v) is 6.46. The summed E-state index contributed by atoms with van der Waals surface area (Å²) < 4.78 is 11.2. The van der Waals surface area contributed by atoms with E-state index in [-0.39, 0.29) is 0 Å². The van der Waals surface area contributed by atoms with Crippen LogP contribution >= 0.6 is 11.3 Å². The van der Waals surface area contributed by atoms with Crippen LogP contribution < -0.4 is 5.32 Å². The summed E-state index contributed by atoms with van der Waals surface area (Å²) in [5.41, 5.74) is 0.861. The van der Waals surface area contributed by atoms with Crippen molar-refractivity contribution in [2.45, 2.75) is 26.9 Å². The van der Waals surface area contributed by atoms with Crippen molar-refractivity contribution in [3.63, 3.8) is 0 Å². The summed E-state index contributed by atoms with van der Waals surface area (Å²) in [5, 5.41) is 7.23. The number of hydrogen-bond acceptors (Lipinski definition) is 6. The molecule has 0 aliphatic carbocycles. The number of nitrogens with one attached hydrogen (secondary N) is 1. The van der Waals surface area contributed by atoms with Crippen LogP contribution in [-0.4, -0.2) is 23.1 Å². The van der Waals surface area contributed by atoms with Gasteiger partial charge in [-0.05, 0) is 37.8 Å². The Labute approximate surface area is 142 Å². The van der Waals surface area contributed by atoms with Gasteiger partial charge in [0.15, 0.2) is 11.9 Å². The monoisotopic (exact) mass is 344 g/mol. The second kappa shape index (κ2) is 6.45. The lowest BCUT2D eigenvalue weighted by atomic mass is 10.1. The van der Waals surface area contributed by atoms with Crippen molar-refractivity contribution in [1.82, 2.24) is 5.16 Å². The molecule has 3 rings (SSSR count). The van der Waals surface area contributed by atoms with E-state index in [1.165, 1.54) is 18.3 Å². The number of nitrogens with zero attached hydrogens (tertiary/aromatic N) is 1. The molecule has 0 bridgehead atoms. The molecule has 2 heterocycles. The van der Waals surface area contributed by atoms with Gasteiger partial charge in [0.25, 0.3) is 5.91 Å². The number of rotatable bonds is 4. The third kappa shape index (κ3) is 3.16. The average molecular weight is 344 g/mol. The third-order valence-corrected chi connectivity index (χ3v) is 4.81. The molecule has 1 N–H and O–H groups in total. The minimum Gasteiger partial charge on any atom is -0.448 e. The minimum absolute atomic E-state index is 0.290. The zero-order chi connectivity index (χ0) is 17.3. The number of aryl methyl sites for hydroxylation is 2. The maximum absolute atomic E-state index is 12.4. The molecule has 0 saturated heterocycles. The Bertz CT molecular complexity index is 912. The number of carbonyl (C=O) groups excluding carboxylic acids is 2. The van der Waals surface area contributed by atoms with Crippen molar-refractivity contribution in [2.75, 3.05) is 5.32 Å².